The molecule has 0 aromatic heterocycles. The molecule has 3 heterocycles. The van der Waals surface area contributed by atoms with Crippen molar-refractivity contribution in [3.63, 3.8) is 0 Å². The number of Topliss-reactive ketones (excluding diaryl/α,β-unsaturated/α-hetero) is 1. The quantitative estimate of drug-likeness (QED) is 0.176. The second kappa shape index (κ2) is 14.7. The van der Waals surface area contributed by atoms with Crippen LogP contribution < -0.4 is 27.6 Å². The molecule has 7 heteroatoms. The Kier molecular flexibility index (Phi) is 10.0. The van der Waals surface area contributed by atoms with E-state index in [1.807, 2.05) is 14.7 Å². The Morgan fingerprint density at radius 2 is 0.915 bits per heavy atom. The lowest BCUT2D eigenvalue weighted by atomic mass is 9.13. The average Bonchev–Trinajstić information content (AvgIpc) is 3.96. The van der Waals surface area contributed by atoms with Crippen LogP contribution in [0.2, 0.25) is 0 Å². The van der Waals surface area contributed by atoms with Gasteiger partial charge in [-0.05, 0) is 6.42 Å². The van der Waals surface area contributed by atoms with Gasteiger partial charge in [0.2, 0.25) is 11.6 Å². The van der Waals surface area contributed by atoms with E-state index in [4.69, 9.17) is 0 Å². The molecule has 1 aliphatic carbocycles. The van der Waals surface area contributed by atoms with E-state index in [2.05, 4.69) is 134 Å². The van der Waals surface area contributed by atoms with Crippen molar-refractivity contribution >= 4 is 39.6 Å². The van der Waals surface area contributed by atoms with Gasteiger partial charge in [0.1, 0.15) is 17.5 Å². The number of benzene rings is 4. The molecule has 8 rings (SSSR count). The van der Waals surface area contributed by atoms with Crippen LogP contribution in [-0.2, 0) is 9.59 Å². The van der Waals surface area contributed by atoms with Crippen LogP contribution in [0.25, 0.3) is 0 Å². The molecule has 0 radical (unpaired) electrons. The lowest BCUT2D eigenvalue weighted by Crippen LogP contribution is -2.74. The van der Waals surface area contributed by atoms with E-state index in [9.17, 15) is 9.59 Å². The topological polar surface area (TPSA) is 70.8 Å². The zero-order valence-corrected chi connectivity index (χ0v) is 27.4. The van der Waals surface area contributed by atoms with Crippen LogP contribution in [0.1, 0.15) is 19.8 Å². The molecule has 0 saturated carbocycles. The van der Waals surface area contributed by atoms with Gasteiger partial charge in [0, 0.05) is 45.3 Å². The summed E-state index contributed by atoms with van der Waals surface area (Å²) in [6.07, 6.45) is 2.87. The summed E-state index contributed by atoms with van der Waals surface area (Å²) in [5.74, 6) is 0.0485. The number of ketones is 2. The number of rotatable bonds is 9. The van der Waals surface area contributed by atoms with Gasteiger partial charge in [-0.2, -0.15) is 21.9 Å². The van der Waals surface area contributed by atoms with E-state index in [1.165, 1.54) is 40.8 Å². The maximum absolute atomic E-state index is 12.4. The van der Waals surface area contributed by atoms with Gasteiger partial charge in [-0.3, -0.25) is 9.59 Å². The molecule has 3 aliphatic heterocycles. The van der Waals surface area contributed by atoms with Gasteiger partial charge in [0.15, 0.2) is 0 Å². The van der Waals surface area contributed by atoms with Gasteiger partial charge in [-0.15, -0.1) is 0 Å². The highest BCUT2D eigenvalue weighted by Gasteiger charge is 2.43. The predicted octanol–water partition coefficient (Wildman–Crippen LogP) is 2.27. The standard InChI is InChI=1S/C24H20B.C12H13N3O2.C4H11N/c1-5-13-21(14-6-1)25(22-15-7-2-8-16-22,23-17-9-3-10-18-23)24-19-11-4-12-20-24;16-9-7-8(13-1-2-13)12(17)11(15-5-6-15)10(9)14-3-4-14;1-2-3-4-5/h1-20H;7H,1-6H2;2-5H2,1H3/q-1;;/p+1. The molecular weight excluding hydrogens is 579 g/mol. The average molecular weight is 625 g/mol. The van der Waals surface area contributed by atoms with Crippen LogP contribution in [0.3, 0.4) is 0 Å². The maximum atomic E-state index is 12.4. The molecule has 3 fully saturated rings. The molecular formula is C40H45BN4O2. The molecule has 4 aliphatic rings. The highest BCUT2D eigenvalue weighted by atomic mass is 16.1. The van der Waals surface area contributed by atoms with Gasteiger partial charge in [0.05, 0.1) is 12.2 Å². The van der Waals surface area contributed by atoms with E-state index >= 15 is 0 Å². The van der Waals surface area contributed by atoms with E-state index in [1.54, 1.807) is 0 Å². The molecule has 0 atom stereocenters. The summed E-state index contributed by atoms with van der Waals surface area (Å²) in [6, 6.07) is 43.5. The fourth-order valence-corrected chi connectivity index (χ4v) is 6.65. The Morgan fingerprint density at radius 3 is 1.21 bits per heavy atom. The fourth-order valence-electron chi connectivity index (χ4n) is 6.65. The van der Waals surface area contributed by atoms with Crippen LogP contribution >= 0.6 is 0 Å². The molecule has 47 heavy (non-hydrogen) atoms. The van der Waals surface area contributed by atoms with Crippen LogP contribution in [0.5, 0.6) is 0 Å². The van der Waals surface area contributed by atoms with Gasteiger partial charge in [-0.25, -0.2) is 0 Å². The first-order chi connectivity index (χ1) is 23.1. The first kappa shape index (κ1) is 32.1. The molecule has 0 unspecified atom stereocenters. The Morgan fingerprint density at radius 1 is 0.553 bits per heavy atom. The number of unbranched alkanes of at least 4 members (excludes halogenated alkanes) is 1. The number of quaternary nitrogens is 1. The molecule has 6 nitrogen and oxygen atoms in total. The van der Waals surface area contributed by atoms with Crippen LogP contribution in [0, 0.1) is 0 Å². The van der Waals surface area contributed by atoms with Crippen molar-refractivity contribution in [1.82, 2.24) is 14.7 Å². The van der Waals surface area contributed by atoms with Crippen molar-refractivity contribution in [2.24, 2.45) is 0 Å². The minimum atomic E-state index is -1.22. The molecule has 4 aromatic rings. The summed E-state index contributed by atoms with van der Waals surface area (Å²) >= 11 is 0. The van der Waals surface area contributed by atoms with Crippen molar-refractivity contribution in [1.29, 1.82) is 0 Å². The summed E-state index contributed by atoms with van der Waals surface area (Å²) in [6.45, 7) is 8.67. The highest BCUT2D eigenvalue weighted by molar-refractivity contribution is 7.19. The molecule has 0 amide bonds. The Balaban J connectivity index is 0.000000151. The number of carbonyl (C=O) groups is 2. The van der Waals surface area contributed by atoms with E-state index in [0.29, 0.717) is 17.1 Å². The lowest BCUT2D eigenvalue weighted by molar-refractivity contribution is -0.368. The Labute approximate surface area is 279 Å². The third kappa shape index (κ3) is 7.11. The third-order valence-electron chi connectivity index (χ3n) is 9.29. The van der Waals surface area contributed by atoms with Crippen LogP contribution in [0.15, 0.2) is 144 Å². The first-order valence-corrected chi connectivity index (χ1v) is 17.1. The van der Waals surface area contributed by atoms with Gasteiger partial charge >= 0.3 is 0 Å². The number of nitrogens with zero attached hydrogens (tertiary/aromatic N) is 3. The van der Waals surface area contributed by atoms with Crippen molar-refractivity contribution in [2.45, 2.75) is 19.8 Å². The number of hydrogen-bond acceptors (Lipinski definition) is 5. The fraction of sp³-hybridized carbons (Fsp3) is 0.250. The van der Waals surface area contributed by atoms with Crippen LogP contribution in [0.4, 0.5) is 0 Å². The normalized spacial score (nSPS) is 16.5. The van der Waals surface area contributed by atoms with Gasteiger partial charge in [-0.1, -0.05) is 135 Å². The molecule has 240 valence electrons. The summed E-state index contributed by atoms with van der Waals surface area (Å²) in [5, 5.41) is 0. The summed E-state index contributed by atoms with van der Waals surface area (Å²) < 4.78 is 0. The zero-order chi connectivity index (χ0) is 32.6. The predicted molar refractivity (Wildman–Crippen MR) is 193 cm³/mol. The molecule has 4 aromatic carbocycles. The van der Waals surface area contributed by atoms with E-state index in [0.717, 1.165) is 45.8 Å². The van der Waals surface area contributed by atoms with Crippen molar-refractivity contribution < 1.29 is 15.3 Å². The molecule has 0 spiro atoms. The zero-order valence-electron chi connectivity index (χ0n) is 27.4. The largest absolute Gasteiger partial charge is 0.365 e. The lowest BCUT2D eigenvalue weighted by Gasteiger charge is -2.44. The summed E-state index contributed by atoms with van der Waals surface area (Å²) in [4.78, 5) is 30.5. The van der Waals surface area contributed by atoms with Crippen molar-refractivity contribution in [2.75, 3.05) is 45.8 Å². The van der Waals surface area contributed by atoms with E-state index < -0.39 is 6.15 Å². The minimum Gasteiger partial charge on any atom is -0.365 e. The first-order valence-electron chi connectivity index (χ1n) is 17.1. The Hall–Kier alpha value is -4.88. The number of allylic oxidation sites excluding steroid dienone is 1. The van der Waals surface area contributed by atoms with E-state index in [-0.39, 0.29) is 11.6 Å². The minimum absolute atomic E-state index is 0.00546. The molecule has 3 saturated heterocycles. The highest BCUT2D eigenvalue weighted by Crippen LogP contribution is 2.34. The maximum Gasteiger partial charge on any atom is 0.227 e. The summed E-state index contributed by atoms with van der Waals surface area (Å²) in [7, 11) is 0. The second-order valence-electron chi connectivity index (χ2n) is 12.6. The van der Waals surface area contributed by atoms with Gasteiger partial charge < -0.3 is 20.4 Å². The van der Waals surface area contributed by atoms with Crippen LogP contribution in [-0.4, -0.2) is 78.2 Å². The summed E-state index contributed by atoms with van der Waals surface area (Å²) in [5.41, 5.74) is 10.9. The number of carbonyl (C=O) groups excluding carboxylic acids is 2. The smallest absolute Gasteiger partial charge is 0.227 e. The molecule has 0 bridgehead atoms. The van der Waals surface area contributed by atoms with Gasteiger partial charge in [0.25, 0.3) is 0 Å². The van der Waals surface area contributed by atoms with Crippen molar-refractivity contribution in [3.8, 4) is 0 Å². The SMILES string of the molecule is CCCC[NH3+].O=C1C=C(N2CC2)C(=O)C(N2CC2)=C1N1CC1.c1ccc([B-](c2ccccc2)(c2ccccc2)c2ccccc2)cc1. The third-order valence-corrected chi connectivity index (χ3v) is 9.29. The molecule has 3 N–H and O–H groups in total. The number of hydrogen-bond donors (Lipinski definition) is 1. The Bertz CT molecular complexity index is 1550. The monoisotopic (exact) mass is 624 g/mol. The van der Waals surface area contributed by atoms with Crippen molar-refractivity contribution in [3.05, 3.63) is 144 Å². The second-order valence-corrected chi connectivity index (χ2v) is 12.6.